The summed E-state index contributed by atoms with van der Waals surface area (Å²) in [6.45, 7) is 9.08. The van der Waals surface area contributed by atoms with Crippen LogP contribution in [0.5, 0.6) is 23.0 Å². The van der Waals surface area contributed by atoms with E-state index in [2.05, 4.69) is 45.8 Å². The molecule has 344 valence electrons. The molecule has 9 rings (SSSR count). The lowest BCUT2D eigenvalue weighted by atomic mass is 10.3. The van der Waals surface area contributed by atoms with Gasteiger partial charge in [0, 0.05) is 42.6 Å². The lowest BCUT2D eigenvalue weighted by Gasteiger charge is -2.17. The number of thiophene rings is 6. The normalized spacial score (nSPS) is 18.5. The lowest BCUT2D eigenvalue weighted by molar-refractivity contribution is 0.0205. The number of thioether (sulfide) groups is 4. The lowest BCUT2D eigenvalue weighted by Crippen LogP contribution is -2.14. The van der Waals surface area contributed by atoms with Gasteiger partial charge in [0.1, 0.15) is 26.4 Å². The predicted octanol–water partition coefficient (Wildman–Crippen LogP) is 12.4. The highest BCUT2D eigenvalue weighted by Crippen LogP contribution is 2.59. The van der Waals surface area contributed by atoms with Gasteiger partial charge < -0.3 is 47.4 Å². The Balaban J connectivity index is 0.808. The standard InChI is InChI=1S/C44H48O10S10/c1-21-59-37-29(1)55-25-17-47-9-5-45-6-10-48-19-27-57-31-3-23-61-39(31)43-35-36(54-16-15-53-35)44(64-43)40-32(4-24-62-40)58-28-20-50-12-8-46-7-11-49-18-26-56-30-2-22-60-38(30)42-34-33(41(37)63-42)51-13-14-52-34/h1-4,21-24H,5-20,25-28H2. The van der Waals surface area contributed by atoms with E-state index in [-0.39, 0.29) is 0 Å². The summed E-state index contributed by atoms with van der Waals surface area (Å²) < 4.78 is 60.6. The Morgan fingerprint density at radius 2 is 0.500 bits per heavy atom. The molecule has 0 aromatic carbocycles. The average Bonchev–Trinajstić information content (AvgIpc) is 4.19. The van der Waals surface area contributed by atoms with Crippen molar-refractivity contribution in [3.63, 3.8) is 0 Å². The van der Waals surface area contributed by atoms with Crippen LogP contribution in [0.4, 0.5) is 0 Å². The number of hydrogen-bond acceptors (Lipinski definition) is 20. The Morgan fingerprint density at radius 1 is 0.266 bits per heavy atom. The third-order valence-corrected chi connectivity index (χ3v) is 20.8. The highest BCUT2D eigenvalue weighted by Gasteiger charge is 2.31. The minimum atomic E-state index is 0.538. The second-order valence-corrected chi connectivity index (χ2v) is 24.0. The van der Waals surface area contributed by atoms with Crippen molar-refractivity contribution >= 4 is 115 Å². The van der Waals surface area contributed by atoms with Gasteiger partial charge in [-0.3, -0.25) is 0 Å². The van der Waals surface area contributed by atoms with Crippen LogP contribution in [0.3, 0.4) is 0 Å². The Hall–Kier alpha value is -1.44. The molecule has 6 aromatic rings. The quantitative estimate of drug-likeness (QED) is 0.144. The number of hydrogen-bond donors (Lipinski definition) is 0. The molecule has 0 saturated heterocycles. The maximum Gasteiger partial charge on any atom is 0.181 e. The largest absolute Gasteiger partial charge is 0.485 e. The fraction of sp³-hybridized carbons (Fsp3) is 0.455. The molecule has 20 heteroatoms. The summed E-state index contributed by atoms with van der Waals surface area (Å²) in [5, 5.41) is 8.63. The van der Waals surface area contributed by atoms with E-state index >= 15 is 0 Å². The molecule has 4 bridgehead atoms. The highest BCUT2D eigenvalue weighted by atomic mass is 32.2. The third-order valence-electron chi connectivity index (χ3n) is 9.57. The van der Waals surface area contributed by atoms with Gasteiger partial charge in [-0.1, -0.05) is 0 Å². The molecule has 0 aliphatic carbocycles. The molecule has 0 N–H and O–H groups in total. The number of rotatable bonds is 0. The van der Waals surface area contributed by atoms with E-state index in [4.69, 9.17) is 47.4 Å². The number of ether oxygens (including phenoxy) is 10. The van der Waals surface area contributed by atoms with Crippen LogP contribution >= 0.6 is 115 Å². The maximum atomic E-state index is 6.29. The van der Waals surface area contributed by atoms with Gasteiger partial charge in [0.15, 0.2) is 23.0 Å². The van der Waals surface area contributed by atoms with Crippen molar-refractivity contribution in [2.75, 3.05) is 129 Å². The van der Waals surface area contributed by atoms with Gasteiger partial charge >= 0.3 is 0 Å². The Morgan fingerprint density at radius 3 is 0.750 bits per heavy atom. The van der Waals surface area contributed by atoms with E-state index in [1.54, 1.807) is 68.0 Å². The van der Waals surface area contributed by atoms with Crippen molar-refractivity contribution < 1.29 is 47.4 Å². The zero-order valence-electron chi connectivity index (χ0n) is 34.9. The van der Waals surface area contributed by atoms with Gasteiger partial charge in [-0.25, -0.2) is 0 Å². The molecule has 0 radical (unpaired) electrons. The molecule has 0 fully saturated rings. The predicted molar refractivity (Wildman–Crippen MR) is 272 cm³/mol. The molecule has 0 spiro atoms. The first kappa shape index (κ1) is 47.6. The van der Waals surface area contributed by atoms with Crippen LogP contribution in [0.25, 0.3) is 39.0 Å². The summed E-state index contributed by atoms with van der Waals surface area (Å²) in [7, 11) is 0. The molecular formula is C44H48O10S10. The Labute approximate surface area is 414 Å². The topological polar surface area (TPSA) is 92.3 Å². The molecule has 0 saturated carbocycles. The van der Waals surface area contributed by atoms with E-state index in [0.29, 0.717) is 106 Å². The van der Waals surface area contributed by atoms with Crippen LogP contribution in [-0.2, 0) is 28.4 Å². The van der Waals surface area contributed by atoms with E-state index < -0.39 is 0 Å². The molecule has 0 amide bonds. The number of fused-ring (bicyclic) bond motifs is 18. The van der Waals surface area contributed by atoms with Crippen LogP contribution in [-0.4, -0.2) is 129 Å². The smallest absolute Gasteiger partial charge is 0.181 e. The van der Waals surface area contributed by atoms with Gasteiger partial charge in [0.25, 0.3) is 0 Å². The van der Waals surface area contributed by atoms with Crippen LogP contribution in [0.15, 0.2) is 65.4 Å². The summed E-state index contributed by atoms with van der Waals surface area (Å²) in [5.41, 5.74) is 0. The van der Waals surface area contributed by atoms with Crippen LogP contribution in [0.1, 0.15) is 0 Å². The van der Waals surface area contributed by atoms with Crippen LogP contribution in [0, 0.1) is 0 Å². The summed E-state index contributed by atoms with van der Waals surface area (Å²) in [6, 6.07) is 8.79. The first-order valence-corrected chi connectivity index (χ1v) is 30.1. The van der Waals surface area contributed by atoms with Crippen molar-refractivity contribution in [1.29, 1.82) is 0 Å². The zero-order chi connectivity index (χ0) is 43.2. The van der Waals surface area contributed by atoms with Crippen LogP contribution < -0.4 is 18.9 Å². The Kier molecular flexibility index (Phi) is 18.8. The third kappa shape index (κ3) is 12.2. The first-order chi connectivity index (χ1) is 31.8. The van der Waals surface area contributed by atoms with Crippen molar-refractivity contribution in [3.05, 3.63) is 45.8 Å². The van der Waals surface area contributed by atoms with E-state index in [1.807, 2.05) is 47.0 Å². The Bertz CT molecular complexity index is 2030. The zero-order valence-corrected chi connectivity index (χ0v) is 43.1. The highest BCUT2D eigenvalue weighted by molar-refractivity contribution is 8.00. The molecule has 3 aliphatic rings. The summed E-state index contributed by atoms with van der Waals surface area (Å²) in [4.78, 5) is 14.3. The van der Waals surface area contributed by atoms with Crippen molar-refractivity contribution in [3.8, 4) is 62.0 Å². The second kappa shape index (κ2) is 25.2. The van der Waals surface area contributed by atoms with Gasteiger partial charge in [0.2, 0.25) is 0 Å². The van der Waals surface area contributed by atoms with E-state index in [9.17, 15) is 0 Å². The summed E-state index contributed by atoms with van der Waals surface area (Å²) in [5.74, 6) is 6.81. The average molecular weight is 1060 g/mol. The molecule has 10 nitrogen and oxygen atoms in total. The molecule has 0 unspecified atom stereocenters. The van der Waals surface area contributed by atoms with Crippen molar-refractivity contribution in [2.24, 2.45) is 0 Å². The summed E-state index contributed by atoms with van der Waals surface area (Å²) >= 11 is 17.8. The molecule has 0 atom stereocenters. The molecule has 6 aromatic heterocycles. The monoisotopic (exact) mass is 1060 g/mol. The minimum absolute atomic E-state index is 0.538. The first-order valence-electron chi connectivity index (χ1n) is 21.0. The van der Waals surface area contributed by atoms with Gasteiger partial charge in [-0.2, -0.15) is 0 Å². The molecule has 64 heavy (non-hydrogen) atoms. The van der Waals surface area contributed by atoms with Gasteiger partial charge in [-0.05, 0) is 45.8 Å². The van der Waals surface area contributed by atoms with Gasteiger partial charge in [-0.15, -0.1) is 115 Å². The van der Waals surface area contributed by atoms with Crippen molar-refractivity contribution in [1.82, 2.24) is 0 Å². The van der Waals surface area contributed by atoms with Gasteiger partial charge in [0.05, 0.1) is 118 Å². The van der Waals surface area contributed by atoms with Crippen molar-refractivity contribution in [2.45, 2.75) is 19.6 Å². The van der Waals surface area contributed by atoms with E-state index in [0.717, 1.165) is 65.5 Å². The molecular weight excluding hydrogens is 1010 g/mol. The molecule has 3 aliphatic heterocycles. The maximum absolute atomic E-state index is 6.29. The fourth-order valence-electron chi connectivity index (χ4n) is 6.73. The van der Waals surface area contributed by atoms with Crippen LogP contribution in [0.2, 0.25) is 0 Å². The molecule has 9 heterocycles. The fourth-order valence-corrected chi connectivity index (χ4v) is 18.1. The van der Waals surface area contributed by atoms with E-state index in [1.165, 1.54) is 39.1 Å². The minimum Gasteiger partial charge on any atom is -0.485 e. The second-order valence-electron chi connectivity index (χ2n) is 13.8. The summed E-state index contributed by atoms with van der Waals surface area (Å²) in [6.07, 6.45) is 0. The SMILES string of the molecule is c1cc2c(s1)-c1sc(c3c1OCCO3)-c1sccc1SCCOCCOCCOCCSc1ccsc1-c1sc(c3c1OCCO3)-c1sccc1SCCOCCOCCOCCS2.